The van der Waals surface area contributed by atoms with E-state index >= 15 is 0 Å². The first-order valence-electron chi connectivity index (χ1n) is 6.60. The normalized spacial score (nSPS) is 9.91. The van der Waals surface area contributed by atoms with Crippen molar-refractivity contribution in [3.63, 3.8) is 0 Å². The Balaban J connectivity index is 2.19. The Morgan fingerprint density at radius 1 is 1.23 bits per heavy atom. The number of hydrogen-bond acceptors (Lipinski definition) is 4. The summed E-state index contributed by atoms with van der Waals surface area (Å²) in [5.74, 6) is -0.471. The summed E-state index contributed by atoms with van der Waals surface area (Å²) < 4.78 is 0. The van der Waals surface area contributed by atoms with Crippen LogP contribution in [0.4, 0.5) is 9.80 Å². The summed E-state index contributed by atoms with van der Waals surface area (Å²) in [6.07, 6.45) is 0. The van der Waals surface area contributed by atoms with Crippen molar-refractivity contribution >= 4 is 28.3 Å². The molecule has 0 spiro atoms. The maximum Gasteiger partial charge on any atom is 0.329 e. The average Bonchev–Trinajstić information content (AvgIpc) is 2.82. The van der Waals surface area contributed by atoms with E-state index in [2.05, 4.69) is 11.4 Å². The Bertz CT molecular complexity index is 760. The second kappa shape index (κ2) is 6.41. The van der Waals surface area contributed by atoms with Crippen molar-refractivity contribution in [1.29, 1.82) is 5.26 Å². The number of anilines is 1. The fraction of sp³-hybridized carbons (Fsp3) is 0.188. The number of urea groups is 1. The van der Waals surface area contributed by atoms with Crippen molar-refractivity contribution in [2.75, 3.05) is 11.9 Å². The van der Waals surface area contributed by atoms with Crippen LogP contribution in [0.3, 0.4) is 0 Å². The van der Waals surface area contributed by atoms with Gasteiger partial charge in [-0.3, -0.25) is 15.0 Å². The number of aryl methyl sites for hydroxylation is 1. The number of thiophene rings is 1. The minimum Gasteiger partial charge on any atom is -0.287 e. The number of imide groups is 1. The molecular formula is C16H15N3O2S. The molecule has 0 saturated heterocycles. The molecule has 0 unspecified atom stereocenters. The summed E-state index contributed by atoms with van der Waals surface area (Å²) >= 11 is 1.36. The first kappa shape index (κ1) is 15.7. The Hall–Kier alpha value is -2.65. The van der Waals surface area contributed by atoms with E-state index in [0.717, 1.165) is 10.4 Å². The highest BCUT2D eigenvalue weighted by atomic mass is 32.1. The van der Waals surface area contributed by atoms with E-state index < -0.39 is 11.9 Å². The molecule has 2 rings (SSSR count). The number of rotatable bonds is 2. The average molecular weight is 313 g/mol. The monoisotopic (exact) mass is 313 g/mol. The zero-order valence-electron chi connectivity index (χ0n) is 12.5. The minimum atomic E-state index is -0.563. The maximum atomic E-state index is 12.2. The molecule has 0 aliphatic rings. The van der Waals surface area contributed by atoms with Crippen LogP contribution in [0, 0.1) is 25.2 Å². The molecule has 1 heterocycles. The number of hydrogen-bond donors (Lipinski definition) is 1. The van der Waals surface area contributed by atoms with Crippen LogP contribution in [-0.4, -0.2) is 19.0 Å². The van der Waals surface area contributed by atoms with Crippen molar-refractivity contribution in [3.8, 4) is 6.07 Å². The third-order valence-electron chi connectivity index (χ3n) is 3.34. The highest BCUT2D eigenvalue weighted by Crippen LogP contribution is 2.34. The molecule has 1 aromatic heterocycles. The molecule has 0 aliphatic heterocycles. The lowest BCUT2D eigenvalue weighted by Crippen LogP contribution is -2.40. The van der Waals surface area contributed by atoms with Gasteiger partial charge in [-0.05, 0) is 31.5 Å². The zero-order chi connectivity index (χ0) is 16.3. The van der Waals surface area contributed by atoms with Gasteiger partial charge in [-0.1, -0.05) is 18.2 Å². The van der Waals surface area contributed by atoms with E-state index in [1.165, 1.54) is 16.2 Å². The predicted molar refractivity (Wildman–Crippen MR) is 86.2 cm³/mol. The second-order valence-corrected chi connectivity index (χ2v) is 5.96. The van der Waals surface area contributed by atoms with Crippen molar-refractivity contribution in [2.45, 2.75) is 13.8 Å². The molecule has 112 valence electrons. The Labute approximate surface area is 132 Å². The van der Waals surface area contributed by atoms with Gasteiger partial charge in [0, 0.05) is 17.5 Å². The third-order valence-corrected chi connectivity index (χ3v) is 4.63. The van der Waals surface area contributed by atoms with Crippen molar-refractivity contribution < 1.29 is 9.59 Å². The number of carbonyl (C=O) groups excluding carboxylic acids is 2. The van der Waals surface area contributed by atoms with Crippen molar-refractivity contribution in [2.24, 2.45) is 0 Å². The summed E-state index contributed by atoms with van der Waals surface area (Å²) in [5.41, 5.74) is 1.73. The summed E-state index contributed by atoms with van der Waals surface area (Å²) in [4.78, 5) is 26.5. The Morgan fingerprint density at radius 3 is 2.45 bits per heavy atom. The fourth-order valence-electron chi connectivity index (χ4n) is 1.91. The first-order chi connectivity index (χ1) is 10.5. The minimum absolute atomic E-state index is 0.406. The van der Waals surface area contributed by atoms with Crippen LogP contribution in [0.2, 0.25) is 0 Å². The van der Waals surface area contributed by atoms with E-state index in [1.807, 2.05) is 13.8 Å². The van der Waals surface area contributed by atoms with Gasteiger partial charge in [-0.2, -0.15) is 5.26 Å². The Kier molecular flexibility index (Phi) is 4.59. The quantitative estimate of drug-likeness (QED) is 0.925. The number of amides is 3. The second-order valence-electron chi connectivity index (χ2n) is 4.76. The lowest BCUT2D eigenvalue weighted by molar-refractivity contribution is 0.0966. The Morgan fingerprint density at radius 2 is 1.86 bits per heavy atom. The largest absolute Gasteiger partial charge is 0.329 e. The van der Waals surface area contributed by atoms with Gasteiger partial charge in [-0.25, -0.2) is 4.79 Å². The van der Waals surface area contributed by atoms with Crippen LogP contribution in [0.15, 0.2) is 30.3 Å². The van der Waals surface area contributed by atoms with E-state index in [9.17, 15) is 14.9 Å². The molecule has 22 heavy (non-hydrogen) atoms. The number of nitrogens with one attached hydrogen (secondary N) is 1. The number of nitrogens with zero attached hydrogens (tertiary/aromatic N) is 2. The summed E-state index contributed by atoms with van der Waals surface area (Å²) in [7, 11) is 1.54. The van der Waals surface area contributed by atoms with Crippen molar-refractivity contribution in [3.05, 3.63) is 51.9 Å². The smallest absolute Gasteiger partial charge is 0.287 e. The lowest BCUT2D eigenvalue weighted by atomic mass is 10.2. The standard InChI is InChI=1S/C16H15N3O2S/c1-10-11(2)22-15(13(10)9-17)19(3)16(21)18-14(20)12-7-5-4-6-8-12/h4-8H,1-3H3,(H,18,20,21). The van der Waals surface area contributed by atoms with Gasteiger partial charge in [0.15, 0.2) is 0 Å². The molecule has 0 atom stereocenters. The van der Waals surface area contributed by atoms with Crippen LogP contribution in [0.5, 0.6) is 0 Å². The predicted octanol–water partition coefficient (Wildman–Crippen LogP) is 3.22. The highest BCUT2D eigenvalue weighted by molar-refractivity contribution is 7.16. The number of nitriles is 1. The molecule has 0 bridgehead atoms. The number of carbonyl (C=O) groups is 2. The molecule has 0 radical (unpaired) electrons. The van der Waals surface area contributed by atoms with E-state index in [0.29, 0.717) is 16.1 Å². The molecule has 3 amide bonds. The van der Waals surface area contributed by atoms with E-state index in [1.54, 1.807) is 37.4 Å². The van der Waals surface area contributed by atoms with Crippen LogP contribution in [0.25, 0.3) is 0 Å². The van der Waals surface area contributed by atoms with Gasteiger partial charge >= 0.3 is 6.03 Å². The van der Waals surface area contributed by atoms with Crippen molar-refractivity contribution in [1.82, 2.24) is 5.32 Å². The molecular weight excluding hydrogens is 298 g/mol. The topological polar surface area (TPSA) is 73.2 Å². The van der Waals surface area contributed by atoms with Gasteiger partial charge in [0.25, 0.3) is 5.91 Å². The molecule has 1 N–H and O–H groups in total. The van der Waals surface area contributed by atoms with Gasteiger partial charge in [0.2, 0.25) is 0 Å². The van der Waals surface area contributed by atoms with Crippen LogP contribution >= 0.6 is 11.3 Å². The van der Waals surface area contributed by atoms with Crippen LogP contribution in [-0.2, 0) is 0 Å². The number of benzene rings is 1. The first-order valence-corrected chi connectivity index (χ1v) is 7.41. The van der Waals surface area contributed by atoms with E-state index in [4.69, 9.17) is 0 Å². The molecule has 0 aliphatic carbocycles. The molecule has 1 aromatic carbocycles. The summed E-state index contributed by atoms with van der Waals surface area (Å²) in [6.45, 7) is 3.74. The third kappa shape index (κ3) is 3.00. The van der Waals surface area contributed by atoms with Gasteiger partial charge < -0.3 is 0 Å². The van der Waals surface area contributed by atoms with Gasteiger partial charge in [0.1, 0.15) is 11.1 Å². The highest BCUT2D eigenvalue weighted by Gasteiger charge is 2.21. The zero-order valence-corrected chi connectivity index (χ0v) is 13.3. The summed E-state index contributed by atoms with van der Waals surface area (Å²) in [5, 5.41) is 12.1. The molecule has 6 heteroatoms. The summed E-state index contributed by atoms with van der Waals surface area (Å²) in [6, 6.07) is 10.0. The lowest BCUT2D eigenvalue weighted by Gasteiger charge is -2.16. The van der Waals surface area contributed by atoms with E-state index in [-0.39, 0.29) is 0 Å². The van der Waals surface area contributed by atoms with Crippen LogP contribution < -0.4 is 10.2 Å². The van der Waals surface area contributed by atoms with Crippen LogP contribution in [0.1, 0.15) is 26.4 Å². The molecule has 2 aromatic rings. The van der Waals surface area contributed by atoms with Gasteiger partial charge in [-0.15, -0.1) is 11.3 Å². The maximum absolute atomic E-state index is 12.2. The fourth-order valence-corrected chi connectivity index (χ4v) is 2.98. The SMILES string of the molecule is Cc1sc(N(C)C(=O)NC(=O)c2ccccc2)c(C#N)c1C. The molecule has 5 nitrogen and oxygen atoms in total. The molecule has 0 saturated carbocycles. The van der Waals surface area contributed by atoms with Gasteiger partial charge in [0.05, 0.1) is 5.56 Å². The molecule has 0 fully saturated rings.